The predicted octanol–water partition coefficient (Wildman–Crippen LogP) is 6.49. The van der Waals surface area contributed by atoms with Crippen molar-refractivity contribution in [2.45, 2.75) is 65.2 Å². The van der Waals surface area contributed by atoms with Crippen LogP contribution in [-0.2, 0) is 22.0 Å². The van der Waals surface area contributed by atoms with E-state index in [-0.39, 0.29) is 16.7 Å². The first kappa shape index (κ1) is 25.2. The molecule has 2 N–H and O–H groups in total. The van der Waals surface area contributed by atoms with Crippen LogP contribution in [0.25, 0.3) is 0 Å². The third-order valence-corrected chi connectivity index (χ3v) is 5.81. The lowest BCUT2D eigenvalue weighted by Crippen LogP contribution is -2.21. The summed E-state index contributed by atoms with van der Waals surface area (Å²) in [6.45, 7) is 12.5. The van der Waals surface area contributed by atoms with Crippen LogP contribution in [0.5, 0.6) is 5.75 Å². The molecule has 4 nitrogen and oxygen atoms in total. The minimum absolute atomic E-state index is 0.146. The Morgan fingerprint density at radius 3 is 1.65 bits per heavy atom. The van der Waals surface area contributed by atoms with Crippen LogP contribution in [0.15, 0.2) is 77.9 Å². The number of amides is 1. The second kappa shape index (κ2) is 10.3. The van der Waals surface area contributed by atoms with Crippen LogP contribution in [0.2, 0.25) is 0 Å². The molecule has 34 heavy (non-hydrogen) atoms. The number of hydrogen-bond donors (Lipinski definition) is 2. The highest BCUT2D eigenvalue weighted by molar-refractivity contribution is 6.13. The van der Waals surface area contributed by atoms with Gasteiger partial charge >= 0.3 is 0 Å². The predicted molar refractivity (Wildman–Crippen MR) is 140 cm³/mol. The fourth-order valence-corrected chi connectivity index (χ4v) is 3.90. The van der Waals surface area contributed by atoms with E-state index in [9.17, 15) is 9.90 Å². The third kappa shape index (κ3) is 6.34. The van der Waals surface area contributed by atoms with Gasteiger partial charge in [0.2, 0.25) is 5.91 Å². The van der Waals surface area contributed by atoms with E-state index in [0.29, 0.717) is 18.6 Å². The fraction of sp³-hybridized carbons (Fsp3) is 0.333. The van der Waals surface area contributed by atoms with Crippen LogP contribution in [0, 0.1) is 0 Å². The highest BCUT2D eigenvalue weighted by Crippen LogP contribution is 2.40. The number of nitrogens with one attached hydrogen (secondary N) is 1. The van der Waals surface area contributed by atoms with Gasteiger partial charge in [-0.2, -0.15) is 5.10 Å². The van der Waals surface area contributed by atoms with Crippen LogP contribution in [0.4, 0.5) is 0 Å². The van der Waals surface area contributed by atoms with Crippen molar-refractivity contribution in [3.63, 3.8) is 0 Å². The number of aryl methyl sites for hydroxylation is 1. The van der Waals surface area contributed by atoms with Crippen molar-refractivity contribution in [1.82, 2.24) is 5.43 Å². The fourth-order valence-electron chi connectivity index (χ4n) is 3.90. The molecular weight excluding hydrogens is 420 g/mol. The number of phenolic OH excluding ortho intramolecular Hbond substituents is 1. The number of hydrogen-bond acceptors (Lipinski definition) is 3. The lowest BCUT2D eigenvalue weighted by Gasteiger charge is -2.28. The molecule has 0 heterocycles. The zero-order chi connectivity index (χ0) is 24.9. The summed E-state index contributed by atoms with van der Waals surface area (Å²) >= 11 is 0. The Morgan fingerprint density at radius 1 is 0.794 bits per heavy atom. The summed E-state index contributed by atoms with van der Waals surface area (Å²) < 4.78 is 0. The van der Waals surface area contributed by atoms with Crippen molar-refractivity contribution in [1.29, 1.82) is 0 Å². The van der Waals surface area contributed by atoms with Gasteiger partial charge < -0.3 is 5.11 Å². The zero-order valence-corrected chi connectivity index (χ0v) is 21.1. The smallest absolute Gasteiger partial charge is 0.240 e. The lowest BCUT2D eigenvalue weighted by molar-refractivity contribution is -0.121. The van der Waals surface area contributed by atoms with Gasteiger partial charge in [-0.3, -0.25) is 4.79 Å². The Bertz CT molecular complexity index is 1080. The van der Waals surface area contributed by atoms with Crippen LogP contribution in [0.3, 0.4) is 0 Å². The Balaban J connectivity index is 1.81. The summed E-state index contributed by atoms with van der Waals surface area (Å²) in [4.78, 5) is 12.7. The number of rotatable bonds is 6. The molecule has 0 atom stereocenters. The van der Waals surface area contributed by atoms with E-state index in [1.54, 1.807) is 0 Å². The molecule has 0 saturated carbocycles. The van der Waals surface area contributed by atoms with Crippen molar-refractivity contribution < 1.29 is 9.90 Å². The maximum atomic E-state index is 12.7. The third-order valence-electron chi connectivity index (χ3n) is 5.81. The normalized spacial score (nSPS) is 11.7. The minimum Gasteiger partial charge on any atom is -0.507 e. The summed E-state index contributed by atoms with van der Waals surface area (Å²) in [5.41, 5.74) is 7.81. The summed E-state index contributed by atoms with van der Waals surface area (Å²) in [6, 6.07) is 23.7. The molecule has 1 amide bonds. The van der Waals surface area contributed by atoms with Crippen molar-refractivity contribution >= 4 is 11.6 Å². The van der Waals surface area contributed by atoms with Gasteiger partial charge in [0.25, 0.3) is 0 Å². The molecule has 0 bridgehead atoms. The van der Waals surface area contributed by atoms with Gasteiger partial charge in [-0.05, 0) is 33.9 Å². The molecule has 0 spiro atoms. The number of phenols is 1. The molecule has 3 aromatic rings. The van der Waals surface area contributed by atoms with E-state index in [4.69, 9.17) is 0 Å². The maximum absolute atomic E-state index is 12.7. The molecule has 0 aliphatic heterocycles. The molecular formula is C30H36N2O2. The quantitative estimate of drug-likeness (QED) is 0.329. The second-order valence-corrected chi connectivity index (χ2v) is 10.8. The van der Waals surface area contributed by atoms with Gasteiger partial charge in [0.1, 0.15) is 5.75 Å². The highest BCUT2D eigenvalue weighted by Gasteiger charge is 2.26. The average molecular weight is 457 g/mol. The van der Waals surface area contributed by atoms with Gasteiger partial charge in [0.15, 0.2) is 0 Å². The van der Waals surface area contributed by atoms with Gasteiger partial charge in [0.05, 0.1) is 5.71 Å². The first-order valence-corrected chi connectivity index (χ1v) is 11.8. The van der Waals surface area contributed by atoms with E-state index in [1.807, 2.05) is 72.8 Å². The maximum Gasteiger partial charge on any atom is 0.240 e. The first-order chi connectivity index (χ1) is 16.0. The molecule has 0 fully saturated rings. The molecule has 0 aliphatic carbocycles. The van der Waals surface area contributed by atoms with Crippen LogP contribution in [0.1, 0.15) is 75.8 Å². The Morgan fingerprint density at radius 2 is 1.24 bits per heavy atom. The summed E-state index contributed by atoms with van der Waals surface area (Å²) in [5.74, 6) is 0.209. The molecule has 0 aromatic heterocycles. The molecule has 0 aliphatic rings. The van der Waals surface area contributed by atoms with Crippen LogP contribution < -0.4 is 5.43 Å². The van der Waals surface area contributed by atoms with Crippen molar-refractivity contribution in [3.05, 3.63) is 101 Å². The van der Waals surface area contributed by atoms with Crippen molar-refractivity contribution in [3.8, 4) is 5.75 Å². The number of nitrogens with zero attached hydrogens (tertiary/aromatic N) is 1. The first-order valence-electron chi connectivity index (χ1n) is 11.8. The van der Waals surface area contributed by atoms with Crippen molar-refractivity contribution in [2.75, 3.05) is 0 Å². The van der Waals surface area contributed by atoms with Gasteiger partial charge in [-0.1, -0.05) is 114 Å². The Labute approximate surface area is 203 Å². The van der Waals surface area contributed by atoms with Crippen LogP contribution >= 0.6 is 0 Å². The molecule has 178 valence electrons. The van der Waals surface area contributed by atoms with E-state index in [1.165, 1.54) is 0 Å². The average Bonchev–Trinajstić information content (AvgIpc) is 2.78. The van der Waals surface area contributed by atoms with E-state index in [2.05, 4.69) is 52.1 Å². The number of hydrazone groups is 1. The summed E-state index contributed by atoms with van der Waals surface area (Å²) in [5, 5.41) is 15.4. The molecule has 3 rings (SSSR count). The number of benzene rings is 3. The molecule has 4 heteroatoms. The molecule has 0 saturated heterocycles. The molecule has 0 radical (unpaired) electrons. The van der Waals surface area contributed by atoms with E-state index in [0.717, 1.165) is 33.5 Å². The highest BCUT2D eigenvalue weighted by atomic mass is 16.3. The van der Waals surface area contributed by atoms with E-state index < -0.39 is 0 Å². The van der Waals surface area contributed by atoms with Gasteiger partial charge in [-0.15, -0.1) is 0 Å². The van der Waals surface area contributed by atoms with Crippen LogP contribution in [-0.4, -0.2) is 16.7 Å². The van der Waals surface area contributed by atoms with E-state index >= 15 is 0 Å². The number of carbonyl (C=O) groups is 1. The van der Waals surface area contributed by atoms with Gasteiger partial charge in [0, 0.05) is 17.5 Å². The van der Waals surface area contributed by atoms with Crippen molar-refractivity contribution in [2.24, 2.45) is 5.10 Å². The number of carbonyl (C=O) groups excluding carboxylic acids is 1. The Kier molecular flexibility index (Phi) is 7.61. The zero-order valence-electron chi connectivity index (χ0n) is 21.1. The molecule has 3 aromatic carbocycles. The monoisotopic (exact) mass is 456 g/mol. The minimum atomic E-state index is -0.201. The Hall–Kier alpha value is -3.40. The summed E-state index contributed by atoms with van der Waals surface area (Å²) in [6.07, 6.45) is 0.873. The standard InChI is InChI=1S/C30H36N2O2/c1-29(2,3)24-19-21(20-25(28(24)34)30(4,5)6)17-18-26(33)31-32-27(22-13-9-7-10-14-22)23-15-11-8-12-16-23/h7-16,19-20,34H,17-18H2,1-6H3,(H,31,33). The topological polar surface area (TPSA) is 61.7 Å². The lowest BCUT2D eigenvalue weighted by atomic mass is 9.78. The second-order valence-electron chi connectivity index (χ2n) is 10.8. The molecule has 0 unspecified atom stereocenters. The van der Waals surface area contributed by atoms with Gasteiger partial charge in [-0.25, -0.2) is 5.43 Å². The largest absolute Gasteiger partial charge is 0.507 e. The SMILES string of the molecule is CC(C)(C)c1cc(CCC(=O)NN=C(c2ccccc2)c2ccccc2)cc(C(C)(C)C)c1O. The number of aromatic hydroxyl groups is 1. The summed E-state index contributed by atoms with van der Waals surface area (Å²) in [7, 11) is 0.